The van der Waals surface area contributed by atoms with Gasteiger partial charge in [0.05, 0.1) is 41.0 Å². The maximum absolute atomic E-state index is 12.9. The Morgan fingerprint density at radius 1 is 0.617 bits per heavy atom. The molecular formula is C25H26F6N6O10. The van der Waals surface area contributed by atoms with Crippen molar-refractivity contribution in [3.63, 3.8) is 0 Å². The summed E-state index contributed by atoms with van der Waals surface area (Å²) in [5.41, 5.74) is 13.1. The minimum absolute atomic E-state index is 0. The molecule has 0 heterocycles. The van der Waals surface area contributed by atoms with Crippen molar-refractivity contribution in [1.82, 2.24) is 0 Å². The molecular weight excluding hydrogens is 658 g/mol. The number of carbonyl (C=O) groups is 3. The lowest BCUT2D eigenvalue weighted by molar-refractivity contribution is -0.384. The van der Waals surface area contributed by atoms with Crippen molar-refractivity contribution in [2.24, 2.45) is 0 Å². The van der Waals surface area contributed by atoms with Gasteiger partial charge in [0, 0.05) is 0 Å². The number of nitrogens with two attached hydrogens (primary N) is 4. The molecule has 3 aromatic carbocycles. The SMILES string of the molecule is C.C.COC(=O)c1cc(F)c(F)c(N)c1N.COC(=O)c1cc(F)c(F)c(N)c1[N+](=O)[O-].Nc1c(F)c(F)cc(C(=O)O)c1[N+](=O)[O-]. The van der Waals surface area contributed by atoms with E-state index in [-0.39, 0.29) is 32.2 Å². The Labute approximate surface area is 259 Å². The first-order valence-electron chi connectivity index (χ1n) is 11.0. The Balaban J connectivity index is 0. The van der Waals surface area contributed by atoms with Gasteiger partial charge in [-0.05, 0) is 18.2 Å². The van der Waals surface area contributed by atoms with Crippen molar-refractivity contribution < 1.29 is 65.2 Å². The number of rotatable bonds is 5. The number of nitro benzene ring substituents is 2. The smallest absolute Gasteiger partial charge is 0.345 e. The number of anilines is 4. The third-order valence-corrected chi connectivity index (χ3v) is 5.16. The molecule has 0 saturated heterocycles. The molecule has 0 atom stereocenters. The first-order valence-corrected chi connectivity index (χ1v) is 11.0. The van der Waals surface area contributed by atoms with Crippen LogP contribution in [-0.4, -0.2) is 47.1 Å². The van der Waals surface area contributed by atoms with Gasteiger partial charge in [-0.3, -0.25) is 20.2 Å². The minimum Gasteiger partial charge on any atom is -0.477 e. The molecule has 0 radical (unpaired) electrons. The topological polar surface area (TPSA) is 280 Å². The van der Waals surface area contributed by atoms with Crippen LogP contribution in [0.3, 0.4) is 0 Å². The molecule has 0 unspecified atom stereocenters. The number of benzene rings is 3. The molecule has 3 rings (SSSR count). The fourth-order valence-electron chi connectivity index (χ4n) is 3.03. The van der Waals surface area contributed by atoms with Crippen molar-refractivity contribution in [1.29, 1.82) is 0 Å². The van der Waals surface area contributed by atoms with Crippen LogP contribution in [0.1, 0.15) is 45.9 Å². The monoisotopic (exact) mass is 684 g/mol. The molecule has 16 nitrogen and oxygen atoms in total. The van der Waals surface area contributed by atoms with Gasteiger partial charge in [0.15, 0.2) is 46.3 Å². The zero-order valence-electron chi connectivity index (χ0n) is 22.3. The molecule has 0 spiro atoms. The van der Waals surface area contributed by atoms with E-state index in [1.807, 2.05) is 0 Å². The maximum atomic E-state index is 12.9. The number of esters is 2. The average Bonchev–Trinajstić information content (AvgIpc) is 2.98. The lowest BCUT2D eigenvalue weighted by Gasteiger charge is -2.07. The van der Waals surface area contributed by atoms with E-state index in [1.54, 1.807) is 0 Å². The molecule has 0 aromatic heterocycles. The molecule has 0 fully saturated rings. The molecule has 0 aliphatic rings. The number of nitro groups is 2. The third kappa shape index (κ3) is 9.32. The normalized spacial score (nSPS) is 9.53. The Morgan fingerprint density at radius 3 is 1.26 bits per heavy atom. The molecule has 0 aliphatic carbocycles. The van der Waals surface area contributed by atoms with Gasteiger partial charge in [-0.15, -0.1) is 0 Å². The Bertz CT molecular complexity index is 1730. The van der Waals surface area contributed by atoms with Crippen molar-refractivity contribution >= 4 is 52.0 Å². The van der Waals surface area contributed by atoms with E-state index >= 15 is 0 Å². The number of nitrogens with zero attached hydrogens (tertiary/aromatic N) is 2. The maximum Gasteiger partial charge on any atom is 0.345 e. The van der Waals surface area contributed by atoms with Crippen molar-refractivity contribution in [2.45, 2.75) is 14.9 Å². The summed E-state index contributed by atoms with van der Waals surface area (Å²) < 4.78 is 85.4. The zero-order valence-corrected chi connectivity index (χ0v) is 22.3. The predicted octanol–water partition coefficient (Wildman–Crippen LogP) is 4.58. The zero-order chi connectivity index (χ0) is 35.1. The van der Waals surface area contributed by atoms with E-state index < -0.39 is 102 Å². The number of nitrogen functional groups attached to an aromatic ring is 4. The number of carboxylic acid groups (broad SMARTS) is 1. The summed E-state index contributed by atoms with van der Waals surface area (Å²) in [6.45, 7) is 0. The highest BCUT2D eigenvalue weighted by atomic mass is 19.2. The van der Waals surface area contributed by atoms with Crippen molar-refractivity contribution in [2.75, 3.05) is 37.2 Å². The van der Waals surface area contributed by atoms with Gasteiger partial charge >= 0.3 is 29.3 Å². The summed E-state index contributed by atoms with van der Waals surface area (Å²) in [6, 6.07) is 1.23. The Kier molecular flexibility index (Phi) is 15.7. The van der Waals surface area contributed by atoms with Crippen LogP contribution in [-0.2, 0) is 9.47 Å². The molecule has 9 N–H and O–H groups in total. The van der Waals surface area contributed by atoms with Gasteiger partial charge in [-0.25, -0.2) is 40.7 Å². The van der Waals surface area contributed by atoms with Gasteiger partial charge in [0.1, 0.15) is 11.1 Å². The Morgan fingerprint density at radius 2 is 0.915 bits per heavy atom. The number of halogens is 6. The van der Waals surface area contributed by atoms with Crippen LogP contribution in [0.4, 0.5) is 60.5 Å². The lowest BCUT2D eigenvalue weighted by Crippen LogP contribution is -2.10. The summed E-state index contributed by atoms with van der Waals surface area (Å²) in [5, 5.41) is 29.4. The molecule has 0 bridgehead atoms. The van der Waals surface area contributed by atoms with E-state index in [9.17, 15) is 61.0 Å². The predicted molar refractivity (Wildman–Crippen MR) is 153 cm³/mol. The number of carbonyl (C=O) groups excluding carboxylic acids is 2. The highest BCUT2D eigenvalue weighted by Gasteiger charge is 2.30. The van der Waals surface area contributed by atoms with Crippen molar-refractivity contribution in [3.8, 4) is 0 Å². The second-order valence-corrected chi connectivity index (χ2v) is 7.81. The van der Waals surface area contributed by atoms with Crippen molar-refractivity contribution in [3.05, 3.63) is 90.0 Å². The highest BCUT2D eigenvalue weighted by molar-refractivity contribution is 5.98. The van der Waals surface area contributed by atoms with Crippen LogP contribution < -0.4 is 22.9 Å². The van der Waals surface area contributed by atoms with Crippen LogP contribution in [0.15, 0.2) is 18.2 Å². The van der Waals surface area contributed by atoms with Crippen LogP contribution in [0, 0.1) is 55.1 Å². The van der Waals surface area contributed by atoms with Gasteiger partial charge in [0.25, 0.3) is 0 Å². The average molecular weight is 685 g/mol. The molecule has 0 saturated carbocycles. The number of ether oxygens (including phenoxy) is 2. The highest BCUT2D eigenvalue weighted by Crippen LogP contribution is 2.32. The van der Waals surface area contributed by atoms with E-state index in [2.05, 4.69) is 9.47 Å². The third-order valence-electron chi connectivity index (χ3n) is 5.16. The first kappa shape index (κ1) is 42.8. The largest absolute Gasteiger partial charge is 0.477 e. The van der Waals surface area contributed by atoms with Gasteiger partial charge in [-0.1, -0.05) is 14.9 Å². The molecule has 22 heteroatoms. The number of hydrogen-bond acceptors (Lipinski definition) is 13. The van der Waals surface area contributed by atoms with Gasteiger partial charge in [-0.2, -0.15) is 0 Å². The van der Waals surface area contributed by atoms with Gasteiger partial charge < -0.3 is 37.5 Å². The fourth-order valence-corrected chi connectivity index (χ4v) is 3.03. The molecule has 0 aliphatic heterocycles. The second-order valence-electron chi connectivity index (χ2n) is 7.81. The van der Waals surface area contributed by atoms with Crippen LogP contribution in [0.2, 0.25) is 0 Å². The van der Waals surface area contributed by atoms with E-state index in [4.69, 9.17) is 28.0 Å². The van der Waals surface area contributed by atoms with E-state index in [0.29, 0.717) is 12.1 Å². The number of carboxylic acids is 1. The quantitative estimate of drug-likeness (QED) is 0.0808. The number of hydrogen-bond donors (Lipinski definition) is 5. The van der Waals surface area contributed by atoms with E-state index in [0.717, 1.165) is 14.2 Å². The summed E-state index contributed by atoms with van der Waals surface area (Å²) in [4.78, 5) is 51.3. The molecule has 47 heavy (non-hydrogen) atoms. The summed E-state index contributed by atoms with van der Waals surface area (Å²) in [7, 11) is 2.04. The minimum atomic E-state index is -1.76. The lowest BCUT2D eigenvalue weighted by atomic mass is 10.1. The molecule has 258 valence electrons. The van der Waals surface area contributed by atoms with Gasteiger partial charge in [0.2, 0.25) is 0 Å². The fraction of sp³-hybridized carbons (Fsp3) is 0.160. The first-order chi connectivity index (χ1) is 20.7. The molecule has 0 amide bonds. The Hall–Kier alpha value is -6.35. The standard InChI is InChI=1S/C8H6F2N2O4.C8H8F2N2O2.C7H4F2N2O4.2CH4/c1-16-8(13)3-2-4(9)5(10)6(11)7(3)12(14)15;1-14-8(13)3-2-4(9)5(10)7(12)6(3)11;8-3-1-2(7(12)13)6(11(14)15)5(10)4(3)9;;/h2H,11H2,1H3;2H,11-12H2,1H3;1H,10H2,(H,12,13);2*1H4. The van der Waals surface area contributed by atoms with Crippen LogP contribution >= 0.6 is 0 Å². The number of aromatic carboxylic acids is 1. The van der Waals surface area contributed by atoms with Crippen LogP contribution in [0.25, 0.3) is 0 Å². The molecule has 3 aromatic rings. The van der Waals surface area contributed by atoms with E-state index in [1.165, 1.54) is 0 Å². The second kappa shape index (κ2) is 17.2. The summed E-state index contributed by atoms with van der Waals surface area (Å²) >= 11 is 0. The number of methoxy groups -OCH3 is 2. The summed E-state index contributed by atoms with van der Waals surface area (Å²) in [6.07, 6.45) is 0. The summed E-state index contributed by atoms with van der Waals surface area (Å²) in [5.74, 6) is -12.5. The van der Waals surface area contributed by atoms with Crippen LogP contribution in [0.5, 0.6) is 0 Å².